The molecule has 0 radical (unpaired) electrons. The van der Waals surface area contributed by atoms with Gasteiger partial charge in [0.15, 0.2) is 0 Å². The van der Waals surface area contributed by atoms with E-state index >= 15 is 0 Å². The maximum absolute atomic E-state index is 4.63. The summed E-state index contributed by atoms with van der Waals surface area (Å²) < 4.78 is 0. The smallest absolute Gasteiger partial charge is 0.0739 e. The van der Waals surface area contributed by atoms with E-state index in [0.717, 1.165) is 17.5 Å². The highest BCUT2D eigenvalue weighted by atomic mass is 32.1. The number of benzene rings is 2. The summed E-state index contributed by atoms with van der Waals surface area (Å²) in [6.45, 7) is 2.37. The Balaban J connectivity index is 1.74. The van der Waals surface area contributed by atoms with Gasteiger partial charge in [0, 0.05) is 0 Å². The third-order valence-electron chi connectivity index (χ3n) is 4.77. The molecule has 0 heterocycles. The van der Waals surface area contributed by atoms with Gasteiger partial charge in [0.25, 0.3) is 0 Å². The minimum Gasteiger partial charge on any atom is -0.195 e. The molecule has 0 saturated heterocycles. The van der Waals surface area contributed by atoms with Gasteiger partial charge in [-0.25, -0.2) is 0 Å². The highest BCUT2D eigenvalue weighted by Crippen LogP contribution is 2.36. The number of nitrogens with zero attached hydrogens (tertiary/aromatic N) is 1. The maximum Gasteiger partial charge on any atom is 0.0739 e. The van der Waals surface area contributed by atoms with Gasteiger partial charge in [-0.3, -0.25) is 0 Å². The van der Waals surface area contributed by atoms with Crippen LogP contribution in [0.4, 0.5) is 5.69 Å². The molecule has 0 N–H and O–H groups in total. The molecule has 2 aromatic carbocycles. The maximum atomic E-state index is 4.63. The van der Waals surface area contributed by atoms with Crippen molar-refractivity contribution in [1.82, 2.24) is 0 Å². The number of hydrogen-bond acceptors (Lipinski definition) is 2. The Morgan fingerprint density at radius 3 is 1.95 bits per heavy atom. The monoisotopic (exact) mass is 307 g/mol. The van der Waals surface area contributed by atoms with Crippen molar-refractivity contribution >= 4 is 23.1 Å². The Morgan fingerprint density at radius 1 is 0.864 bits per heavy atom. The van der Waals surface area contributed by atoms with Crippen LogP contribution in [0, 0.1) is 5.92 Å². The van der Waals surface area contributed by atoms with E-state index in [9.17, 15) is 0 Å². The van der Waals surface area contributed by atoms with Crippen molar-refractivity contribution in [3.8, 4) is 11.1 Å². The van der Waals surface area contributed by atoms with Crippen molar-refractivity contribution in [1.29, 1.82) is 0 Å². The van der Waals surface area contributed by atoms with E-state index < -0.39 is 0 Å². The molecule has 3 rings (SSSR count). The lowest BCUT2D eigenvalue weighted by Crippen LogP contribution is -2.10. The van der Waals surface area contributed by atoms with Gasteiger partial charge in [0.1, 0.15) is 0 Å². The Hall–Kier alpha value is -1.76. The molecule has 1 saturated carbocycles. The molecule has 2 aromatic rings. The lowest BCUT2D eigenvalue weighted by Gasteiger charge is -2.26. The highest BCUT2D eigenvalue weighted by molar-refractivity contribution is 7.78. The van der Waals surface area contributed by atoms with Crippen LogP contribution in [0.5, 0.6) is 0 Å². The summed E-state index contributed by atoms with van der Waals surface area (Å²) in [5.41, 5.74) is 4.82. The second-order valence-corrected chi connectivity index (χ2v) is 6.51. The van der Waals surface area contributed by atoms with Crippen LogP contribution in [0.3, 0.4) is 0 Å². The minimum atomic E-state index is 0.754. The first kappa shape index (κ1) is 15.1. The van der Waals surface area contributed by atoms with Gasteiger partial charge >= 0.3 is 0 Å². The van der Waals surface area contributed by atoms with Crippen LogP contribution in [0.25, 0.3) is 11.1 Å². The van der Waals surface area contributed by atoms with Crippen LogP contribution < -0.4 is 0 Å². The SMILES string of the molecule is CC1CCC(c2ccc(-c3ccc(N=C=S)cc3)cc2)CC1. The Kier molecular flexibility index (Phi) is 4.82. The first-order valence-corrected chi connectivity index (χ1v) is 8.45. The van der Waals surface area contributed by atoms with Crippen LogP contribution in [-0.4, -0.2) is 5.16 Å². The molecule has 0 aromatic heterocycles. The molecular formula is C20H21NS. The van der Waals surface area contributed by atoms with Crippen molar-refractivity contribution in [2.45, 2.75) is 38.5 Å². The van der Waals surface area contributed by atoms with E-state index in [1.54, 1.807) is 0 Å². The first-order valence-electron chi connectivity index (χ1n) is 8.04. The summed E-state index contributed by atoms with van der Waals surface area (Å²) >= 11 is 4.63. The van der Waals surface area contributed by atoms with Crippen LogP contribution >= 0.6 is 12.2 Å². The largest absolute Gasteiger partial charge is 0.195 e. The van der Waals surface area contributed by atoms with Crippen LogP contribution in [-0.2, 0) is 0 Å². The summed E-state index contributed by atoms with van der Waals surface area (Å²) in [6, 6.07) is 17.2. The fourth-order valence-corrected chi connectivity index (χ4v) is 3.43. The lowest BCUT2D eigenvalue weighted by molar-refractivity contribution is 0.348. The third-order valence-corrected chi connectivity index (χ3v) is 4.86. The molecule has 0 aliphatic heterocycles. The van der Waals surface area contributed by atoms with Crippen molar-refractivity contribution in [2.75, 3.05) is 0 Å². The average molecular weight is 307 g/mol. The number of thiocarbonyl (C=S) groups is 1. The Bertz CT molecular complexity index is 658. The van der Waals surface area contributed by atoms with Crippen molar-refractivity contribution < 1.29 is 0 Å². The van der Waals surface area contributed by atoms with E-state index in [4.69, 9.17) is 0 Å². The number of hydrogen-bond donors (Lipinski definition) is 0. The van der Waals surface area contributed by atoms with E-state index in [0.29, 0.717) is 0 Å². The van der Waals surface area contributed by atoms with E-state index in [1.165, 1.54) is 42.4 Å². The van der Waals surface area contributed by atoms with Gasteiger partial charge in [-0.05, 0) is 65.7 Å². The van der Waals surface area contributed by atoms with Crippen molar-refractivity contribution in [2.24, 2.45) is 10.9 Å². The molecule has 22 heavy (non-hydrogen) atoms. The van der Waals surface area contributed by atoms with Crippen molar-refractivity contribution in [3.05, 3.63) is 54.1 Å². The van der Waals surface area contributed by atoms with Crippen LogP contribution in [0.1, 0.15) is 44.1 Å². The number of isothiocyanates is 1. The molecule has 1 aliphatic rings. The van der Waals surface area contributed by atoms with Gasteiger partial charge in [0.05, 0.1) is 10.8 Å². The zero-order valence-corrected chi connectivity index (χ0v) is 13.8. The molecule has 1 aliphatic carbocycles. The molecule has 112 valence electrons. The quantitative estimate of drug-likeness (QED) is 0.473. The minimum absolute atomic E-state index is 0.754. The zero-order valence-electron chi connectivity index (χ0n) is 13.0. The van der Waals surface area contributed by atoms with Crippen molar-refractivity contribution in [3.63, 3.8) is 0 Å². The number of rotatable bonds is 3. The highest BCUT2D eigenvalue weighted by Gasteiger charge is 2.19. The number of aliphatic imine (C=N–C) groups is 1. The van der Waals surface area contributed by atoms with Gasteiger partial charge in [0.2, 0.25) is 0 Å². The van der Waals surface area contributed by atoms with Gasteiger partial charge in [-0.1, -0.05) is 56.2 Å². The van der Waals surface area contributed by atoms with Gasteiger partial charge in [-0.15, -0.1) is 0 Å². The molecule has 0 bridgehead atoms. The second kappa shape index (κ2) is 7.00. The summed E-state index contributed by atoms with van der Waals surface area (Å²) in [6.07, 6.45) is 5.41. The third kappa shape index (κ3) is 3.52. The van der Waals surface area contributed by atoms with E-state index in [2.05, 4.69) is 65.7 Å². The summed E-state index contributed by atoms with van der Waals surface area (Å²) in [5.74, 6) is 1.66. The molecule has 0 spiro atoms. The molecular weight excluding hydrogens is 286 g/mol. The fraction of sp³-hybridized carbons (Fsp3) is 0.350. The van der Waals surface area contributed by atoms with Crippen LogP contribution in [0.2, 0.25) is 0 Å². The molecule has 0 amide bonds. The zero-order chi connectivity index (χ0) is 15.4. The lowest BCUT2D eigenvalue weighted by atomic mass is 9.79. The van der Waals surface area contributed by atoms with Gasteiger partial charge < -0.3 is 0 Å². The topological polar surface area (TPSA) is 12.4 Å². The van der Waals surface area contributed by atoms with Crippen LogP contribution in [0.15, 0.2) is 53.5 Å². The first-order chi connectivity index (χ1) is 10.8. The second-order valence-electron chi connectivity index (χ2n) is 6.33. The predicted octanol–water partition coefficient (Wildman–Crippen LogP) is 6.38. The normalized spacial score (nSPS) is 21.1. The molecule has 0 atom stereocenters. The predicted molar refractivity (Wildman–Crippen MR) is 96.9 cm³/mol. The fourth-order valence-electron chi connectivity index (χ4n) is 3.32. The van der Waals surface area contributed by atoms with E-state index in [1.807, 2.05) is 12.1 Å². The molecule has 0 unspecified atom stereocenters. The summed E-state index contributed by atoms with van der Waals surface area (Å²) in [4.78, 5) is 3.99. The van der Waals surface area contributed by atoms with Gasteiger partial charge in [-0.2, -0.15) is 4.99 Å². The molecule has 1 fully saturated rings. The average Bonchev–Trinajstić information content (AvgIpc) is 2.57. The van der Waals surface area contributed by atoms with E-state index in [-0.39, 0.29) is 0 Å². The summed E-state index contributed by atoms with van der Waals surface area (Å²) in [5, 5.41) is 2.40. The Labute approximate surface area is 138 Å². The molecule has 1 nitrogen and oxygen atoms in total. The molecule has 2 heteroatoms. The Morgan fingerprint density at radius 2 is 1.41 bits per heavy atom. The standard InChI is InChI=1S/C20H21NS/c1-15-2-4-16(5-3-15)17-6-8-18(9-7-17)19-10-12-20(13-11-19)21-14-22/h6-13,15-16H,2-5H2,1H3. The summed E-state index contributed by atoms with van der Waals surface area (Å²) in [7, 11) is 0.